The lowest BCUT2D eigenvalue weighted by atomic mass is 9.79. The van der Waals surface area contributed by atoms with Crippen LogP contribution in [0.2, 0.25) is 0 Å². The van der Waals surface area contributed by atoms with Crippen molar-refractivity contribution in [3.8, 4) is 0 Å². The average Bonchev–Trinajstić information content (AvgIpc) is 2.82. The molecule has 1 aliphatic heterocycles. The van der Waals surface area contributed by atoms with Crippen LogP contribution in [0.5, 0.6) is 0 Å². The molecular formula is C17H25BN2O4. The Balaban J connectivity index is 2.03. The van der Waals surface area contributed by atoms with E-state index >= 15 is 0 Å². The van der Waals surface area contributed by atoms with E-state index in [4.69, 9.17) is 9.31 Å². The molecule has 0 spiro atoms. The Hall–Kier alpha value is -1.57. The molecule has 2 N–H and O–H groups in total. The maximum atomic E-state index is 12.2. The smallest absolute Gasteiger partial charge is 0.399 e. The fourth-order valence-corrected chi connectivity index (χ4v) is 2.84. The molecule has 2 heterocycles. The Morgan fingerprint density at radius 2 is 1.79 bits per heavy atom. The largest absolute Gasteiger partial charge is 0.494 e. The Bertz CT molecular complexity index is 813. The summed E-state index contributed by atoms with van der Waals surface area (Å²) in [5.41, 5.74) is 0.246. The molecule has 3 rings (SSSR count). The number of H-pyrrole nitrogens is 1. The number of rotatable bonds is 3. The number of aromatic amines is 1. The molecule has 0 bridgehead atoms. The van der Waals surface area contributed by atoms with Gasteiger partial charge in [-0.3, -0.25) is 4.57 Å². The van der Waals surface area contributed by atoms with Crippen molar-refractivity contribution in [2.45, 2.75) is 64.9 Å². The van der Waals surface area contributed by atoms with Gasteiger partial charge in [-0.25, -0.2) is 4.79 Å². The van der Waals surface area contributed by atoms with Gasteiger partial charge in [0.05, 0.1) is 34.4 Å². The summed E-state index contributed by atoms with van der Waals surface area (Å²) < 4.78 is 13.7. The summed E-state index contributed by atoms with van der Waals surface area (Å²) in [7, 11) is -0.486. The van der Waals surface area contributed by atoms with E-state index < -0.39 is 23.9 Å². The van der Waals surface area contributed by atoms with Gasteiger partial charge in [-0.1, -0.05) is 6.07 Å². The quantitative estimate of drug-likeness (QED) is 0.833. The topological polar surface area (TPSA) is 76.5 Å². The van der Waals surface area contributed by atoms with E-state index in [0.717, 1.165) is 16.5 Å². The van der Waals surface area contributed by atoms with Gasteiger partial charge in [0.15, 0.2) is 0 Å². The summed E-state index contributed by atoms with van der Waals surface area (Å²) in [6, 6.07) is 5.63. The molecule has 1 aromatic carbocycles. The zero-order valence-corrected chi connectivity index (χ0v) is 15.1. The minimum atomic E-state index is -0.987. The van der Waals surface area contributed by atoms with E-state index in [1.165, 1.54) is 0 Å². The van der Waals surface area contributed by atoms with Crippen molar-refractivity contribution in [1.29, 1.82) is 0 Å². The lowest BCUT2D eigenvalue weighted by Gasteiger charge is -2.32. The number of hydrogen-bond donors (Lipinski definition) is 2. The van der Waals surface area contributed by atoms with Gasteiger partial charge >= 0.3 is 12.8 Å². The zero-order chi connectivity index (χ0) is 17.9. The maximum absolute atomic E-state index is 12.2. The second-order valence-electron chi connectivity index (χ2n) is 8.19. The second-order valence-corrected chi connectivity index (χ2v) is 8.19. The van der Waals surface area contributed by atoms with Crippen LogP contribution < -0.4 is 11.2 Å². The molecule has 0 radical (unpaired) electrons. The molecule has 0 aliphatic carbocycles. The van der Waals surface area contributed by atoms with E-state index in [1.54, 1.807) is 18.4 Å². The molecule has 0 unspecified atom stereocenters. The summed E-state index contributed by atoms with van der Waals surface area (Å²) in [6.45, 7) is 11.6. The third-order valence-corrected chi connectivity index (χ3v) is 4.87. The minimum Gasteiger partial charge on any atom is -0.399 e. The molecule has 0 atom stereocenters. The summed E-state index contributed by atoms with van der Waals surface area (Å²) in [5, 5.41) is 10.1. The predicted octanol–water partition coefficient (Wildman–Crippen LogP) is 1.40. The van der Waals surface area contributed by atoms with Gasteiger partial charge in [-0.15, -0.1) is 0 Å². The highest BCUT2D eigenvalue weighted by Crippen LogP contribution is 2.36. The molecule has 1 fully saturated rings. The van der Waals surface area contributed by atoms with Gasteiger partial charge in [-0.2, -0.15) is 0 Å². The summed E-state index contributed by atoms with van der Waals surface area (Å²) in [4.78, 5) is 15.0. The molecule has 0 saturated carbocycles. The molecule has 1 aliphatic rings. The molecule has 24 heavy (non-hydrogen) atoms. The monoisotopic (exact) mass is 332 g/mol. The number of imidazole rings is 1. The van der Waals surface area contributed by atoms with Crippen LogP contribution in [-0.4, -0.2) is 38.6 Å². The Morgan fingerprint density at radius 1 is 1.21 bits per heavy atom. The van der Waals surface area contributed by atoms with Gasteiger partial charge < -0.3 is 19.4 Å². The number of hydrogen-bond acceptors (Lipinski definition) is 4. The first-order chi connectivity index (χ1) is 10.9. The summed E-state index contributed by atoms with van der Waals surface area (Å²) >= 11 is 0. The number of benzene rings is 1. The second kappa shape index (κ2) is 5.21. The first kappa shape index (κ1) is 17.3. The van der Waals surface area contributed by atoms with Crippen molar-refractivity contribution >= 4 is 23.6 Å². The predicted molar refractivity (Wildman–Crippen MR) is 94.6 cm³/mol. The fraction of sp³-hybridized carbons (Fsp3) is 0.588. The molecular weight excluding hydrogens is 307 g/mol. The minimum absolute atomic E-state index is 0.207. The third-order valence-electron chi connectivity index (χ3n) is 4.87. The van der Waals surface area contributed by atoms with Crippen LogP contribution in [0.25, 0.3) is 11.0 Å². The van der Waals surface area contributed by atoms with Crippen LogP contribution in [0.3, 0.4) is 0 Å². The van der Waals surface area contributed by atoms with Gasteiger partial charge in [0.1, 0.15) is 0 Å². The first-order valence-corrected chi connectivity index (χ1v) is 8.20. The lowest BCUT2D eigenvalue weighted by molar-refractivity contribution is 0.00578. The highest BCUT2D eigenvalue weighted by atomic mass is 16.7. The van der Waals surface area contributed by atoms with E-state index in [9.17, 15) is 9.90 Å². The molecule has 2 aromatic rings. The normalized spacial score (nSPS) is 20.0. The summed E-state index contributed by atoms with van der Waals surface area (Å²) in [5.74, 6) is 0. The maximum Gasteiger partial charge on any atom is 0.494 e. The highest BCUT2D eigenvalue weighted by Gasteiger charge is 2.51. The van der Waals surface area contributed by atoms with Crippen LogP contribution in [-0.2, 0) is 15.9 Å². The van der Waals surface area contributed by atoms with Crippen LogP contribution in [0, 0.1) is 0 Å². The molecule has 130 valence electrons. The van der Waals surface area contributed by atoms with Crippen LogP contribution >= 0.6 is 0 Å². The standard InChI is InChI=1S/C17H25BN2O4/c1-15(2,22)10-20-13-9-11(7-8-12(13)19-14(20)21)18-23-16(3,4)17(5,6)24-18/h7-9,22H,10H2,1-6H3,(H,19,21). The average molecular weight is 332 g/mol. The molecule has 6 nitrogen and oxygen atoms in total. The van der Waals surface area contributed by atoms with Crippen molar-refractivity contribution in [1.82, 2.24) is 9.55 Å². The molecule has 1 aromatic heterocycles. The third kappa shape index (κ3) is 2.92. The van der Waals surface area contributed by atoms with Crippen molar-refractivity contribution < 1.29 is 14.4 Å². The SMILES string of the molecule is CC(C)(O)Cn1c(=O)[nH]c2ccc(B3OC(C)(C)C(C)(C)O3)cc21. The number of nitrogens with zero attached hydrogens (tertiary/aromatic N) is 1. The van der Waals surface area contributed by atoms with Crippen molar-refractivity contribution in [2.24, 2.45) is 0 Å². The van der Waals surface area contributed by atoms with E-state index in [-0.39, 0.29) is 12.2 Å². The van der Waals surface area contributed by atoms with Crippen LogP contribution in [0.15, 0.2) is 23.0 Å². The van der Waals surface area contributed by atoms with Crippen LogP contribution in [0.1, 0.15) is 41.5 Å². The number of fused-ring (bicyclic) bond motifs is 1. The number of nitrogens with one attached hydrogen (secondary N) is 1. The van der Waals surface area contributed by atoms with Gasteiger partial charge in [0.25, 0.3) is 0 Å². The van der Waals surface area contributed by atoms with Gasteiger partial charge in [0, 0.05) is 0 Å². The van der Waals surface area contributed by atoms with Crippen molar-refractivity contribution in [2.75, 3.05) is 0 Å². The lowest BCUT2D eigenvalue weighted by Crippen LogP contribution is -2.41. The number of aromatic nitrogens is 2. The Kier molecular flexibility index (Phi) is 3.75. The summed E-state index contributed by atoms with van der Waals surface area (Å²) in [6.07, 6.45) is 0. The first-order valence-electron chi connectivity index (χ1n) is 8.20. The number of aliphatic hydroxyl groups is 1. The Morgan fingerprint density at radius 3 is 2.33 bits per heavy atom. The van der Waals surface area contributed by atoms with Crippen LogP contribution in [0.4, 0.5) is 0 Å². The van der Waals surface area contributed by atoms with Gasteiger partial charge in [-0.05, 0) is 59.1 Å². The van der Waals surface area contributed by atoms with E-state index in [0.29, 0.717) is 0 Å². The van der Waals surface area contributed by atoms with Crippen molar-refractivity contribution in [3.05, 3.63) is 28.7 Å². The highest BCUT2D eigenvalue weighted by molar-refractivity contribution is 6.62. The van der Waals surface area contributed by atoms with Gasteiger partial charge in [0.2, 0.25) is 0 Å². The van der Waals surface area contributed by atoms with Crippen molar-refractivity contribution in [3.63, 3.8) is 0 Å². The zero-order valence-electron chi connectivity index (χ0n) is 15.1. The van der Waals surface area contributed by atoms with E-state index in [1.807, 2.05) is 45.9 Å². The molecule has 0 amide bonds. The molecule has 1 saturated heterocycles. The van der Waals surface area contributed by atoms with E-state index in [2.05, 4.69) is 4.98 Å². The molecule has 7 heteroatoms. The fourth-order valence-electron chi connectivity index (χ4n) is 2.84. The Labute approximate surface area is 141 Å².